The highest BCUT2D eigenvalue weighted by molar-refractivity contribution is 5.34. The van der Waals surface area contributed by atoms with Crippen molar-refractivity contribution in [3.8, 4) is 5.88 Å². The van der Waals surface area contributed by atoms with Crippen LogP contribution >= 0.6 is 0 Å². The van der Waals surface area contributed by atoms with Crippen LogP contribution in [0.1, 0.15) is 53.3 Å². The van der Waals surface area contributed by atoms with E-state index in [4.69, 9.17) is 15.2 Å². The lowest BCUT2D eigenvalue weighted by Crippen LogP contribution is -2.36. The number of nitrogens with zero attached hydrogens (tertiary/aromatic N) is 2. The Bertz CT molecular complexity index is 461. The fraction of sp³-hybridized carbons (Fsp3) is 0.733. The van der Waals surface area contributed by atoms with Crippen molar-refractivity contribution in [2.24, 2.45) is 0 Å². The van der Waals surface area contributed by atoms with Gasteiger partial charge >= 0.3 is 0 Å². The molecule has 0 saturated carbocycles. The summed E-state index contributed by atoms with van der Waals surface area (Å²) >= 11 is 0. The number of hydrogen-bond acceptors (Lipinski definition) is 5. The third-order valence-corrected chi connectivity index (χ3v) is 3.33. The largest absolute Gasteiger partial charge is 0.474 e. The van der Waals surface area contributed by atoms with Gasteiger partial charge in [0.15, 0.2) is 0 Å². The molecule has 1 aromatic rings. The van der Waals surface area contributed by atoms with Gasteiger partial charge in [0.25, 0.3) is 0 Å². The van der Waals surface area contributed by atoms with Gasteiger partial charge < -0.3 is 15.2 Å². The first-order valence-corrected chi connectivity index (χ1v) is 7.21. The first-order chi connectivity index (χ1) is 9.24. The number of hydrogen-bond donors (Lipinski definition) is 1. The second-order valence-electron chi connectivity index (χ2n) is 6.67. The molecule has 1 fully saturated rings. The molecule has 0 bridgehead atoms. The van der Waals surface area contributed by atoms with Crippen molar-refractivity contribution in [3.63, 3.8) is 0 Å². The van der Waals surface area contributed by atoms with Crippen molar-refractivity contribution < 1.29 is 9.47 Å². The predicted octanol–water partition coefficient (Wildman–Crippen LogP) is 2.69. The number of anilines is 1. The third kappa shape index (κ3) is 3.82. The van der Waals surface area contributed by atoms with Crippen LogP contribution in [0.15, 0.2) is 6.07 Å². The van der Waals surface area contributed by atoms with Crippen molar-refractivity contribution in [3.05, 3.63) is 11.9 Å². The van der Waals surface area contributed by atoms with Gasteiger partial charge in [-0.1, -0.05) is 20.8 Å². The van der Waals surface area contributed by atoms with Crippen LogP contribution in [-0.2, 0) is 10.2 Å². The van der Waals surface area contributed by atoms with Crippen molar-refractivity contribution in [2.75, 3.05) is 5.73 Å². The van der Waals surface area contributed by atoms with Crippen molar-refractivity contribution in [1.29, 1.82) is 0 Å². The van der Waals surface area contributed by atoms with E-state index in [1.807, 2.05) is 0 Å². The fourth-order valence-electron chi connectivity index (χ4n) is 2.45. The minimum Gasteiger partial charge on any atom is -0.474 e. The zero-order valence-electron chi connectivity index (χ0n) is 13.0. The summed E-state index contributed by atoms with van der Waals surface area (Å²) in [6.45, 7) is 10.3. The Labute approximate surface area is 120 Å². The van der Waals surface area contributed by atoms with Crippen LogP contribution in [0, 0.1) is 0 Å². The van der Waals surface area contributed by atoms with Crippen LogP contribution in [0.2, 0.25) is 0 Å². The van der Waals surface area contributed by atoms with Gasteiger partial charge in [-0.3, -0.25) is 0 Å². The molecule has 2 rings (SSSR count). The fourth-order valence-corrected chi connectivity index (χ4v) is 2.45. The van der Waals surface area contributed by atoms with E-state index in [1.54, 1.807) is 6.07 Å². The Morgan fingerprint density at radius 2 is 1.80 bits per heavy atom. The smallest absolute Gasteiger partial charge is 0.219 e. The Morgan fingerprint density at radius 1 is 1.20 bits per heavy atom. The first-order valence-electron chi connectivity index (χ1n) is 7.21. The summed E-state index contributed by atoms with van der Waals surface area (Å²) in [5.74, 6) is 1.72. The van der Waals surface area contributed by atoms with Gasteiger partial charge in [0.1, 0.15) is 17.7 Å². The van der Waals surface area contributed by atoms with Crippen LogP contribution in [0.4, 0.5) is 5.82 Å². The molecule has 5 nitrogen and oxygen atoms in total. The average molecular weight is 279 g/mol. The molecule has 0 aromatic carbocycles. The lowest BCUT2D eigenvalue weighted by molar-refractivity contribution is -0.0730. The van der Waals surface area contributed by atoms with Crippen molar-refractivity contribution in [1.82, 2.24) is 9.97 Å². The molecule has 1 aliphatic heterocycles. The highest BCUT2D eigenvalue weighted by Crippen LogP contribution is 2.26. The van der Waals surface area contributed by atoms with Gasteiger partial charge in [0.2, 0.25) is 5.88 Å². The lowest BCUT2D eigenvalue weighted by Gasteiger charge is -2.32. The molecule has 1 aromatic heterocycles. The second kappa shape index (κ2) is 5.56. The molecule has 0 aliphatic carbocycles. The molecule has 2 atom stereocenters. The topological polar surface area (TPSA) is 70.3 Å². The molecule has 2 N–H and O–H groups in total. The van der Waals surface area contributed by atoms with Gasteiger partial charge in [-0.05, 0) is 13.8 Å². The predicted molar refractivity (Wildman–Crippen MR) is 78.8 cm³/mol. The van der Waals surface area contributed by atoms with Crippen molar-refractivity contribution in [2.45, 2.75) is 71.2 Å². The quantitative estimate of drug-likeness (QED) is 0.901. The molecular formula is C15H25N3O2. The van der Waals surface area contributed by atoms with E-state index >= 15 is 0 Å². The van der Waals surface area contributed by atoms with Crippen LogP contribution in [-0.4, -0.2) is 28.3 Å². The third-order valence-electron chi connectivity index (χ3n) is 3.33. The molecule has 0 amide bonds. The van der Waals surface area contributed by atoms with Crippen molar-refractivity contribution >= 4 is 5.82 Å². The summed E-state index contributed by atoms with van der Waals surface area (Å²) < 4.78 is 11.7. The molecule has 1 saturated heterocycles. The molecule has 0 spiro atoms. The SMILES string of the molecule is CC1CC(Oc2cc(N)nc(C(C)(C)C)n2)CC(C)O1. The van der Waals surface area contributed by atoms with E-state index in [9.17, 15) is 0 Å². The summed E-state index contributed by atoms with van der Waals surface area (Å²) in [5, 5.41) is 0. The van der Waals surface area contributed by atoms with Crippen LogP contribution in [0.5, 0.6) is 5.88 Å². The van der Waals surface area contributed by atoms with Gasteiger partial charge in [-0.25, -0.2) is 4.98 Å². The Hall–Kier alpha value is -1.36. The van der Waals surface area contributed by atoms with Crippen LogP contribution in [0.25, 0.3) is 0 Å². The minimum absolute atomic E-state index is 0.121. The highest BCUT2D eigenvalue weighted by atomic mass is 16.5. The first kappa shape index (κ1) is 15.0. The number of nitrogens with two attached hydrogens (primary N) is 1. The molecule has 20 heavy (non-hydrogen) atoms. The maximum atomic E-state index is 6.00. The summed E-state index contributed by atoms with van der Waals surface area (Å²) in [5.41, 5.74) is 5.71. The Morgan fingerprint density at radius 3 is 2.35 bits per heavy atom. The van der Waals surface area contributed by atoms with Gasteiger partial charge in [0.05, 0.1) is 12.2 Å². The van der Waals surface area contributed by atoms with E-state index in [2.05, 4.69) is 44.6 Å². The van der Waals surface area contributed by atoms with Crippen LogP contribution < -0.4 is 10.5 Å². The summed E-state index contributed by atoms with van der Waals surface area (Å²) in [7, 11) is 0. The van der Waals surface area contributed by atoms with Gasteiger partial charge in [-0.15, -0.1) is 0 Å². The Balaban J connectivity index is 2.15. The van der Waals surface area contributed by atoms with Crippen LogP contribution in [0.3, 0.4) is 0 Å². The number of rotatable bonds is 2. The van der Waals surface area contributed by atoms with Gasteiger partial charge in [-0.2, -0.15) is 4.98 Å². The molecule has 2 heterocycles. The molecular weight excluding hydrogens is 254 g/mol. The second-order valence-corrected chi connectivity index (χ2v) is 6.67. The standard InChI is InChI=1S/C15H25N3O2/c1-9-6-11(7-10(2)19-9)20-13-8-12(16)17-14(18-13)15(3,4)5/h8-11H,6-7H2,1-5H3,(H2,16,17,18). The summed E-state index contributed by atoms with van der Waals surface area (Å²) in [6, 6.07) is 1.69. The van der Waals surface area contributed by atoms with Gasteiger partial charge in [0, 0.05) is 24.3 Å². The Kier molecular flexibility index (Phi) is 4.18. The molecule has 2 unspecified atom stereocenters. The lowest BCUT2D eigenvalue weighted by atomic mass is 9.96. The normalized spacial score (nSPS) is 27.4. The zero-order chi connectivity index (χ0) is 14.9. The van der Waals surface area contributed by atoms with E-state index in [0.717, 1.165) is 12.8 Å². The summed E-state index contributed by atoms with van der Waals surface area (Å²) in [6.07, 6.45) is 2.30. The van der Waals surface area contributed by atoms with E-state index < -0.39 is 0 Å². The molecule has 0 radical (unpaired) electrons. The van der Waals surface area contributed by atoms with E-state index in [0.29, 0.717) is 17.5 Å². The highest BCUT2D eigenvalue weighted by Gasteiger charge is 2.27. The number of aromatic nitrogens is 2. The van der Waals surface area contributed by atoms with E-state index in [1.165, 1.54) is 0 Å². The average Bonchev–Trinajstić information content (AvgIpc) is 2.25. The minimum atomic E-state index is -0.149. The zero-order valence-corrected chi connectivity index (χ0v) is 13.0. The van der Waals surface area contributed by atoms with E-state index in [-0.39, 0.29) is 23.7 Å². The molecule has 112 valence electrons. The maximum absolute atomic E-state index is 6.00. The number of ether oxygens (including phenoxy) is 2. The summed E-state index contributed by atoms with van der Waals surface area (Å²) in [4.78, 5) is 8.78. The number of nitrogen functional groups attached to an aromatic ring is 1. The molecule has 1 aliphatic rings. The molecule has 5 heteroatoms. The maximum Gasteiger partial charge on any atom is 0.219 e. The monoisotopic (exact) mass is 279 g/mol.